The van der Waals surface area contributed by atoms with E-state index in [0.717, 1.165) is 5.56 Å². The SMILES string of the molecule is Cc1cc(O)c2c(O)c3c(cc2c1)C(=O)c1c(O)cccc1C3=O. The molecule has 0 radical (unpaired) electrons. The molecule has 5 nitrogen and oxygen atoms in total. The molecule has 1 aliphatic rings. The normalized spacial score (nSPS) is 13.0. The fourth-order valence-electron chi connectivity index (χ4n) is 3.29. The zero-order valence-electron chi connectivity index (χ0n) is 12.6. The van der Waals surface area contributed by atoms with Crippen LogP contribution < -0.4 is 0 Å². The zero-order valence-corrected chi connectivity index (χ0v) is 12.6. The minimum atomic E-state index is -0.560. The number of benzene rings is 3. The summed E-state index contributed by atoms with van der Waals surface area (Å²) in [4.78, 5) is 25.5. The number of hydrogen-bond donors (Lipinski definition) is 3. The molecule has 0 atom stereocenters. The van der Waals surface area contributed by atoms with Gasteiger partial charge in [0.15, 0.2) is 11.6 Å². The van der Waals surface area contributed by atoms with Crippen LogP contribution in [-0.4, -0.2) is 26.9 Å². The van der Waals surface area contributed by atoms with Crippen LogP contribution in [0.25, 0.3) is 10.8 Å². The molecule has 5 heteroatoms. The predicted molar refractivity (Wildman–Crippen MR) is 87.0 cm³/mol. The standard InChI is InChI=1S/C19H12O5/c1-8-5-9-7-11-16(19(24)14(9)13(21)6-8)17(22)10-3-2-4-12(20)15(10)18(11)23/h2-7,20-21,24H,1H3. The molecular weight excluding hydrogens is 308 g/mol. The molecule has 3 N–H and O–H groups in total. The monoisotopic (exact) mass is 320 g/mol. The van der Waals surface area contributed by atoms with Crippen LogP contribution in [0.4, 0.5) is 0 Å². The molecule has 0 saturated carbocycles. The van der Waals surface area contributed by atoms with Crippen molar-refractivity contribution in [2.24, 2.45) is 0 Å². The lowest BCUT2D eigenvalue weighted by Gasteiger charge is -2.20. The maximum Gasteiger partial charge on any atom is 0.198 e. The molecule has 0 spiro atoms. The Hall–Kier alpha value is -3.34. The van der Waals surface area contributed by atoms with Gasteiger partial charge in [0.2, 0.25) is 0 Å². The number of fused-ring (bicyclic) bond motifs is 3. The van der Waals surface area contributed by atoms with Crippen LogP contribution in [0.2, 0.25) is 0 Å². The van der Waals surface area contributed by atoms with Crippen LogP contribution in [0.1, 0.15) is 37.4 Å². The Labute approximate surface area is 136 Å². The van der Waals surface area contributed by atoms with E-state index < -0.39 is 17.3 Å². The van der Waals surface area contributed by atoms with Gasteiger partial charge in [-0.05, 0) is 36.1 Å². The van der Waals surface area contributed by atoms with E-state index in [1.807, 2.05) is 0 Å². The van der Waals surface area contributed by atoms with Gasteiger partial charge in [0.1, 0.15) is 17.2 Å². The topological polar surface area (TPSA) is 94.8 Å². The number of phenols is 3. The highest BCUT2D eigenvalue weighted by Crippen LogP contribution is 2.43. The molecular formula is C19H12O5. The number of hydrogen-bond acceptors (Lipinski definition) is 5. The Morgan fingerprint density at radius 2 is 1.50 bits per heavy atom. The Balaban J connectivity index is 2.15. The van der Waals surface area contributed by atoms with Crippen LogP contribution in [0, 0.1) is 6.92 Å². The lowest BCUT2D eigenvalue weighted by Crippen LogP contribution is -2.21. The predicted octanol–water partition coefficient (Wildman–Crippen LogP) is 3.04. The lowest BCUT2D eigenvalue weighted by molar-refractivity contribution is 0.0974. The van der Waals surface area contributed by atoms with E-state index in [4.69, 9.17) is 0 Å². The zero-order chi connectivity index (χ0) is 17.2. The highest BCUT2D eigenvalue weighted by molar-refractivity contribution is 6.32. The maximum absolute atomic E-state index is 12.8. The fourth-order valence-corrected chi connectivity index (χ4v) is 3.29. The molecule has 1 aliphatic carbocycles. The molecule has 0 bridgehead atoms. The van der Waals surface area contributed by atoms with E-state index in [1.54, 1.807) is 13.0 Å². The first-order valence-corrected chi connectivity index (χ1v) is 7.31. The molecule has 0 fully saturated rings. The lowest BCUT2D eigenvalue weighted by atomic mass is 9.81. The second kappa shape index (κ2) is 4.58. The minimum Gasteiger partial charge on any atom is -0.507 e. The van der Waals surface area contributed by atoms with Gasteiger partial charge < -0.3 is 15.3 Å². The summed E-state index contributed by atoms with van der Waals surface area (Å²) in [6.07, 6.45) is 0. The van der Waals surface area contributed by atoms with Crippen molar-refractivity contribution in [1.29, 1.82) is 0 Å². The van der Waals surface area contributed by atoms with Gasteiger partial charge in [0.05, 0.1) is 16.5 Å². The summed E-state index contributed by atoms with van der Waals surface area (Å²) in [5.41, 5.74) is 0.588. The molecule has 3 aromatic carbocycles. The first kappa shape index (κ1) is 14.3. The van der Waals surface area contributed by atoms with Crippen LogP contribution in [0.3, 0.4) is 0 Å². The molecule has 0 heterocycles. The molecule has 24 heavy (non-hydrogen) atoms. The summed E-state index contributed by atoms with van der Waals surface area (Å²) >= 11 is 0. The van der Waals surface area contributed by atoms with Gasteiger partial charge in [-0.2, -0.15) is 0 Å². The number of carbonyl (C=O) groups excluding carboxylic acids is 2. The minimum absolute atomic E-state index is 0.0176. The smallest absolute Gasteiger partial charge is 0.198 e. The molecule has 118 valence electrons. The first-order valence-electron chi connectivity index (χ1n) is 7.31. The van der Waals surface area contributed by atoms with Gasteiger partial charge >= 0.3 is 0 Å². The second-order valence-electron chi connectivity index (χ2n) is 5.89. The summed E-state index contributed by atoms with van der Waals surface area (Å²) in [5.74, 6) is -1.95. The van der Waals surface area contributed by atoms with Crippen molar-refractivity contribution in [3.05, 3.63) is 64.2 Å². The molecule has 0 amide bonds. The number of rotatable bonds is 0. The van der Waals surface area contributed by atoms with E-state index in [0.29, 0.717) is 5.39 Å². The Morgan fingerprint density at radius 3 is 2.25 bits per heavy atom. The Morgan fingerprint density at radius 1 is 0.792 bits per heavy atom. The molecule has 3 aromatic rings. The van der Waals surface area contributed by atoms with Gasteiger partial charge in [-0.1, -0.05) is 18.2 Å². The third-order valence-corrected chi connectivity index (χ3v) is 4.32. The van der Waals surface area contributed by atoms with E-state index in [1.165, 1.54) is 30.3 Å². The fraction of sp³-hybridized carbons (Fsp3) is 0.0526. The molecule has 0 saturated heterocycles. The van der Waals surface area contributed by atoms with Crippen molar-refractivity contribution in [3.8, 4) is 17.2 Å². The Kier molecular flexibility index (Phi) is 2.72. The number of ketones is 2. The summed E-state index contributed by atoms with van der Waals surface area (Å²) in [5, 5.41) is 31.2. The van der Waals surface area contributed by atoms with Gasteiger partial charge in [-0.3, -0.25) is 9.59 Å². The van der Waals surface area contributed by atoms with E-state index >= 15 is 0 Å². The van der Waals surface area contributed by atoms with Crippen LogP contribution in [-0.2, 0) is 0 Å². The van der Waals surface area contributed by atoms with Crippen molar-refractivity contribution in [1.82, 2.24) is 0 Å². The Bertz CT molecular complexity index is 1080. The number of carbonyl (C=O) groups is 2. The largest absolute Gasteiger partial charge is 0.507 e. The highest BCUT2D eigenvalue weighted by Gasteiger charge is 2.35. The molecule has 4 rings (SSSR count). The maximum atomic E-state index is 12.8. The van der Waals surface area contributed by atoms with E-state index in [-0.39, 0.29) is 39.1 Å². The van der Waals surface area contributed by atoms with Gasteiger partial charge in [0, 0.05) is 11.1 Å². The van der Waals surface area contributed by atoms with Gasteiger partial charge in [0.25, 0.3) is 0 Å². The summed E-state index contributed by atoms with van der Waals surface area (Å²) in [6.45, 7) is 1.77. The van der Waals surface area contributed by atoms with Crippen molar-refractivity contribution < 1.29 is 24.9 Å². The highest BCUT2D eigenvalue weighted by atomic mass is 16.3. The average Bonchev–Trinajstić information content (AvgIpc) is 2.51. The van der Waals surface area contributed by atoms with Gasteiger partial charge in [-0.25, -0.2) is 0 Å². The number of phenolic OH excluding ortho intramolecular Hbond substituents is 3. The van der Waals surface area contributed by atoms with Crippen LogP contribution >= 0.6 is 0 Å². The van der Waals surface area contributed by atoms with Crippen molar-refractivity contribution in [2.45, 2.75) is 6.92 Å². The molecule has 0 aromatic heterocycles. The van der Waals surface area contributed by atoms with Gasteiger partial charge in [-0.15, -0.1) is 0 Å². The summed E-state index contributed by atoms with van der Waals surface area (Å²) in [6, 6.07) is 8.87. The van der Waals surface area contributed by atoms with E-state index in [2.05, 4.69) is 0 Å². The molecule has 0 unspecified atom stereocenters. The molecule has 0 aliphatic heterocycles. The first-order chi connectivity index (χ1) is 11.4. The number of aromatic hydroxyl groups is 3. The summed E-state index contributed by atoms with van der Waals surface area (Å²) in [7, 11) is 0. The second-order valence-corrected chi connectivity index (χ2v) is 5.89. The van der Waals surface area contributed by atoms with Crippen LogP contribution in [0.15, 0.2) is 36.4 Å². The summed E-state index contributed by atoms with van der Waals surface area (Å²) < 4.78 is 0. The average molecular weight is 320 g/mol. The van der Waals surface area contributed by atoms with Crippen molar-refractivity contribution in [2.75, 3.05) is 0 Å². The van der Waals surface area contributed by atoms with Crippen molar-refractivity contribution in [3.63, 3.8) is 0 Å². The van der Waals surface area contributed by atoms with E-state index in [9.17, 15) is 24.9 Å². The van der Waals surface area contributed by atoms with Crippen LogP contribution in [0.5, 0.6) is 17.2 Å². The third-order valence-electron chi connectivity index (χ3n) is 4.32. The third kappa shape index (κ3) is 1.69. The quantitative estimate of drug-likeness (QED) is 0.463. The number of aryl methyl sites for hydroxylation is 1. The van der Waals surface area contributed by atoms with Crippen molar-refractivity contribution >= 4 is 22.3 Å².